The first kappa shape index (κ1) is 24.2. The molecule has 0 amide bonds. The van der Waals surface area contributed by atoms with E-state index in [-0.39, 0.29) is 17.8 Å². The number of aryl methyl sites for hydroxylation is 1. The van der Waals surface area contributed by atoms with Gasteiger partial charge >= 0.3 is 6.18 Å². The zero-order chi connectivity index (χ0) is 24.9. The van der Waals surface area contributed by atoms with Gasteiger partial charge in [-0.1, -0.05) is 6.07 Å². The lowest BCUT2D eigenvalue weighted by Crippen LogP contribution is -2.61. The van der Waals surface area contributed by atoms with Crippen molar-refractivity contribution in [3.63, 3.8) is 0 Å². The van der Waals surface area contributed by atoms with E-state index in [9.17, 15) is 28.0 Å². The standard InChI is InChI=1S/C24H26F4N4O2/c1-15-13-16(10-11-19(15)25)21-22(2,3)32(34)23(31(21)33)12-5-4-9-20(23)30-29-18-8-6-7-17(14-18)24(26,27)28/h6-8,10-11,13-14,29,34H,4-5,9,12H2,1-3H3/b30-20-/t23-/m1/s1. The monoisotopic (exact) mass is 478 g/mol. The van der Waals surface area contributed by atoms with Gasteiger partial charge in [-0.05, 0) is 82.0 Å². The first-order valence-corrected chi connectivity index (χ1v) is 11.0. The Bertz CT molecular complexity index is 1180. The Morgan fingerprint density at radius 1 is 1.15 bits per heavy atom. The van der Waals surface area contributed by atoms with Crippen molar-refractivity contribution in [3.8, 4) is 0 Å². The Kier molecular flexibility index (Phi) is 5.93. The van der Waals surface area contributed by atoms with Crippen molar-refractivity contribution in [2.45, 2.75) is 63.8 Å². The summed E-state index contributed by atoms with van der Waals surface area (Å²) in [7, 11) is 0. The first-order valence-electron chi connectivity index (χ1n) is 11.0. The van der Waals surface area contributed by atoms with E-state index in [0.29, 0.717) is 36.1 Å². The van der Waals surface area contributed by atoms with E-state index in [1.807, 2.05) is 0 Å². The topological polar surface area (TPSA) is 73.9 Å². The number of benzene rings is 2. The summed E-state index contributed by atoms with van der Waals surface area (Å²) in [6.45, 7) is 4.97. The molecule has 2 N–H and O–H groups in total. The van der Waals surface area contributed by atoms with E-state index in [1.165, 1.54) is 24.3 Å². The largest absolute Gasteiger partial charge is 0.622 e. The van der Waals surface area contributed by atoms with E-state index in [2.05, 4.69) is 10.5 Å². The van der Waals surface area contributed by atoms with Gasteiger partial charge in [0.1, 0.15) is 17.1 Å². The molecule has 6 nitrogen and oxygen atoms in total. The molecule has 2 aliphatic rings. The second-order valence-electron chi connectivity index (χ2n) is 9.25. The van der Waals surface area contributed by atoms with Gasteiger partial charge in [-0.2, -0.15) is 23.0 Å². The molecule has 1 saturated carbocycles. The van der Waals surface area contributed by atoms with Crippen molar-refractivity contribution in [2.24, 2.45) is 5.10 Å². The van der Waals surface area contributed by atoms with Gasteiger partial charge in [0.25, 0.3) is 5.66 Å². The quantitative estimate of drug-likeness (QED) is 0.258. The number of hydroxylamine groups is 3. The van der Waals surface area contributed by atoms with Crippen molar-refractivity contribution in [2.75, 3.05) is 5.43 Å². The molecule has 0 bridgehead atoms. The molecule has 1 spiro atoms. The minimum Gasteiger partial charge on any atom is -0.622 e. The van der Waals surface area contributed by atoms with Crippen LogP contribution in [0.25, 0.3) is 0 Å². The van der Waals surface area contributed by atoms with Gasteiger partial charge < -0.3 is 10.4 Å². The van der Waals surface area contributed by atoms with E-state index in [4.69, 9.17) is 0 Å². The highest BCUT2D eigenvalue weighted by atomic mass is 19.4. The molecule has 1 heterocycles. The van der Waals surface area contributed by atoms with Gasteiger partial charge in [-0.15, -0.1) is 5.06 Å². The highest BCUT2D eigenvalue weighted by molar-refractivity contribution is 6.07. The van der Waals surface area contributed by atoms with E-state index in [1.54, 1.807) is 26.8 Å². The number of nitrogens with one attached hydrogen (secondary N) is 1. The maximum atomic E-state index is 13.9. The molecular formula is C24H26F4N4O2. The van der Waals surface area contributed by atoms with Crippen LogP contribution in [0.2, 0.25) is 0 Å². The molecular weight excluding hydrogens is 452 g/mol. The van der Waals surface area contributed by atoms with Crippen LogP contribution >= 0.6 is 0 Å². The molecule has 34 heavy (non-hydrogen) atoms. The summed E-state index contributed by atoms with van der Waals surface area (Å²) in [4.78, 5) is 0. The Morgan fingerprint density at radius 2 is 1.88 bits per heavy atom. The maximum absolute atomic E-state index is 13.9. The lowest BCUT2D eigenvalue weighted by atomic mass is 9.86. The van der Waals surface area contributed by atoms with Crippen LogP contribution in [0.15, 0.2) is 47.6 Å². The van der Waals surface area contributed by atoms with Gasteiger partial charge in [-0.25, -0.2) is 4.39 Å². The average molecular weight is 478 g/mol. The summed E-state index contributed by atoms with van der Waals surface area (Å²) in [6, 6.07) is 8.94. The molecule has 0 radical (unpaired) electrons. The third-order valence-corrected chi connectivity index (χ3v) is 6.59. The lowest BCUT2D eigenvalue weighted by molar-refractivity contribution is -0.568. The third kappa shape index (κ3) is 3.84. The number of rotatable bonds is 3. The Morgan fingerprint density at radius 3 is 2.56 bits per heavy atom. The molecule has 4 rings (SSSR count). The predicted octanol–water partition coefficient (Wildman–Crippen LogP) is 5.67. The van der Waals surface area contributed by atoms with Crippen LogP contribution in [-0.2, 0) is 6.18 Å². The summed E-state index contributed by atoms with van der Waals surface area (Å²) < 4.78 is 53.8. The number of nitrogens with zero attached hydrogens (tertiary/aromatic N) is 3. The van der Waals surface area contributed by atoms with E-state index < -0.39 is 28.8 Å². The molecule has 1 aliphatic heterocycles. The summed E-state index contributed by atoms with van der Waals surface area (Å²) in [5.74, 6) is -0.404. The Labute approximate surface area is 194 Å². The molecule has 0 unspecified atom stereocenters. The summed E-state index contributed by atoms with van der Waals surface area (Å²) in [5, 5.41) is 30.5. The van der Waals surface area contributed by atoms with Crippen LogP contribution in [0.5, 0.6) is 0 Å². The fourth-order valence-electron chi connectivity index (χ4n) is 4.84. The Balaban J connectivity index is 1.79. The van der Waals surface area contributed by atoms with Crippen LogP contribution in [0.4, 0.5) is 23.2 Å². The molecule has 1 aliphatic carbocycles. The van der Waals surface area contributed by atoms with Crippen LogP contribution in [0.1, 0.15) is 56.2 Å². The van der Waals surface area contributed by atoms with Gasteiger partial charge in [0.15, 0.2) is 0 Å². The molecule has 1 fully saturated rings. The normalized spacial score (nSPS) is 24.3. The van der Waals surface area contributed by atoms with E-state index in [0.717, 1.165) is 21.9 Å². The average Bonchev–Trinajstić information content (AvgIpc) is 2.92. The maximum Gasteiger partial charge on any atom is 0.416 e. The van der Waals surface area contributed by atoms with Gasteiger partial charge in [0.2, 0.25) is 5.71 Å². The van der Waals surface area contributed by atoms with Crippen molar-refractivity contribution in [1.82, 2.24) is 5.06 Å². The Hall–Kier alpha value is -2.98. The highest BCUT2D eigenvalue weighted by Crippen LogP contribution is 2.43. The second kappa shape index (κ2) is 8.35. The van der Waals surface area contributed by atoms with Crippen LogP contribution in [0.3, 0.4) is 0 Å². The summed E-state index contributed by atoms with van der Waals surface area (Å²) >= 11 is 0. The molecule has 2 aromatic carbocycles. The first-order chi connectivity index (χ1) is 15.9. The summed E-state index contributed by atoms with van der Waals surface area (Å²) in [6.07, 6.45) is -2.52. The lowest BCUT2D eigenvalue weighted by Gasteiger charge is -2.38. The van der Waals surface area contributed by atoms with Crippen molar-refractivity contribution in [3.05, 3.63) is 70.2 Å². The predicted molar refractivity (Wildman–Crippen MR) is 120 cm³/mol. The van der Waals surface area contributed by atoms with Gasteiger partial charge in [0.05, 0.1) is 11.3 Å². The fraction of sp³-hybridized carbons (Fsp3) is 0.417. The number of anilines is 1. The number of hydrazone groups is 1. The smallest absolute Gasteiger partial charge is 0.416 e. The minimum absolute atomic E-state index is 0.112. The number of alkyl halides is 3. The van der Waals surface area contributed by atoms with Crippen LogP contribution in [0, 0.1) is 17.9 Å². The van der Waals surface area contributed by atoms with Crippen molar-refractivity contribution in [1.29, 1.82) is 0 Å². The zero-order valence-corrected chi connectivity index (χ0v) is 19.1. The second-order valence-corrected chi connectivity index (χ2v) is 9.25. The van der Waals surface area contributed by atoms with Gasteiger partial charge in [-0.3, -0.25) is 5.43 Å². The molecule has 1 atom stereocenters. The number of hydrogen-bond donors (Lipinski definition) is 2. The zero-order valence-electron chi connectivity index (χ0n) is 19.1. The molecule has 10 heteroatoms. The highest BCUT2D eigenvalue weighted by Gasteiger charge is 2.65. The number of hydrogen-bond acceptors (Lipinski definition) is 5. The van der Waals surface area contributed by atoms with Crippen molar-refractivity contribution < 1.29 is 27.5 Å². The SMILES string of the molecule is Cc1cc(C2=[N+]([O-])[C@]3(CCCC/C3=N/Nc3cccc(C(F)(F)F)c3)N(O)C2(C)C)ccc1F. The van der Waals surface area contributed by atoms with Gasteiger partial charge in [0, 0.05) is 12.0 Å². The van der Waals surface area contributed by atoms with Crippen LogP contribution < -0.4 is 5.43 Å². The molecule has 2 aromatic rings. The van der Waals surface area contributed by atoms with E-state index >= 15 is 0 Å². The fourth-order valence-corrected chi connectivity index (χ4v) is 4.84. The molecule has 0 aromatic heterocycles. The molecule has 0 saturated heterocycles. The minimum atomic E-state index is -4.50. The third-order valence-electron chi connectivity index (χ3n) is 6.59. The summed E-state index contributed by atoms with van der Waals surface area (Å²) in [5.41, 5.74) is 0.672. The van der Waals surface area contributed by atoms with Crippen LogP contribution in [-0.4, -0.2) is 37.6 Å². The number of halogens is 4. The molecule has 182 valence electrons. The van der Waals surface area contributed by atoms with Crippen molar-refractivity contribution >= 4 is 17.1 Å².